The largest absolute Gasteiger partial charge is 0.573 e. The second-order valence-electron chi connectivity index (χ2n) is 3.28. The van der Waals surface area contributed by atoms with Gasteiger partial charge in [0.25, 0.3) is 6.43 Å². The van der Waals surface area contributed by atoms with Gasteiger partial charge in [-0.25, -0.2) is 8.78 Å². The van der Waals surface area contributed by atoms with Crippen molar-refractivity contribution in [3.8, 4) is 11.8 Å². The fraction of sp³-hybridized carbons (Fsp3) is 0.400. The van der Waals surface area contributed by atoms with E-state index in [2.05, 4.69) is 25.7 Å². The van der Waals surface area contributed by atoms with E-state index in [4.69, 9.17) is 5.26 Å². The van der Waals surface area contributed by atoms with E-state index in [0.717, 1.165) is 0 Å². The van der Waals surface area contributed by atoms with Crippen LogP contribution in [0.2, 0.25) is 0 Å². The molecule has 0 bridgehead atoms. The fourth-order valence-electron chi connectivity index (χ4n) is 1.41. The van der Waals surface area contributed by atoms with Crippen LogP contribution in [0.25, 0.3) is 0 Å². The molecule has 0 aromatic carbocycles. The summed E-state index contributed by atoms with van der Waals surface area (Å²) in [5.41, 5.74) is -1.34. The van der Waals surface area contributed by atoms with E-state index in [9.17, 15) is 22.0 Å². The first kappa shape index (κ1) is 15.6. The molecule has 0 fully saturated rings. The third-order valence-electron chi connectivity index (χ3n) is 2.10. The van der Waals surface area contributed by atoms with Gasteiger partial charge in [-0.3, -0.25) is 4.98 Å². The maximum atomic E-state index is 12.9. The lowest BCUT2D eigenvalue weighted by atomic mass is 10.1. The second-order valence-corrected chi connectivity index (χ2v) is 3.84. The number of hydrogen-bond donors (Lipinski definition) is 0. The van der Waals surface area contributed by atoms with Crippen LogP contribution in [0, 0.1) is 11.3 Å². The standard InChI is InChI=1S/C10H6BrF5N2O/c11-3-5-7(19-10(14,15)16)4-18-6(1-2-17)8(5)9(12)13/h4,9H,1,3H2. The Labute approximate surface area is 113 Å². The van der Waals surface area contributed by atoms with E-state index in [1.54, 1.807) is 6.07 Å². The third-order valence-corrected chi connectivity index (χ3v) is 2.66. The van der Waals surface area contributed by atoms with Gasteiger partial charge in [0.15, 0.2) is 5.75 Å². The molecule has 1 aromatic heterocycles. The molecule has 0 aliphatic carbocycles. The Hall–Kier alpha value is -1.43. The maximum Gasteiger partial charge on any atom is 0.573 e. The lowest BCUT2D eigenvalue weighted by Gasteiger charge is -2.16. The number of halogens is 6. The monoisotopic (exact) mass is 344 g/mol. The number of rotatable bonds is 4. The normalized spacial score (nSPS) is 11.5. The Morgan fingerprint density at radius 1 is 1.42 bits per heavy atom. The molecule has 0 amide bonds. The van der Waals surface area contributed by atoms with Gasteiger partial charge in [0.2, 0.25) is 0 Å². The van der Waals surface area contributed by atoms with Crippen LogP contribution in [0.4, 0.5) is 22.0 Å². The Kier molecular flexibility index (Phi) is 5.05. The summed E-state index contributed by atoms with van der Waals surface area (Å²) in [4.78, 5) is 3.43. The smallest absolute Gasteiger partial charge is 0.404 e. The minimum Gasteiger partial charge on any atom is -0.404 e. The van der Waals surface area contributed by atoms with Gasteiger partial charge in [0.1, 0.15) is 0 Å². The molecule has 0 atom stereocenters. The molecular formula is C10H6BrF5N2O. The van der Waals surface area contributed by atoms with Gasteiger partial charge in [-0.15, -0.1) is 13.2 Å². The highest BCUT2D eigenvalue weighted by Gasteiger charge is 2.34. The van der Waals surface area contributed by atoms with E-state index in [1.165, 1.54) is 0 Å². The highest BCUT2D eigenvalue weighted by atomic mass is 79.9. The summed E-state index contributed by atoms with van der Waals surface area (Å²) in [6, 6.07) is 1.62. The average Bonchev–Trinajstić information content (AvgIpc) is 2.28. The van der Waals surface area contributed by atoms with Crippen molar-refractivity contribution in [3.63, 3.8) is 0 Å². The predicted octanol–water partition coefficient (Wildman–Crippen LogP) is 3.88. The van der Waals surface area contributed by atoms with Gasteiger partial charge in [0.05, 0.1) is 24.4 Å². The number of hydrogen-bond acceptors (Lipinski definition) is 3. The van der Waals surface area contributed by atoms with Crippen LogP contribution in [0.1, 0.15) is 23.2 Å². The lowest BCUT2D eigenvalue weighted by molar-refractivity contribution is -0.275. The summed E-state index contributed by atoms with van der Waals surface area (Å²) < 4.78 is 65.8. The minimum atomic E-state index is -5.01. The molecule has 3 nitrogen and oxygen atoms in total. The molecule has 0 unspecified atom stereocenters. The average molecular weight is 345 g/mol. The number of aromatic nitrogens is 1. The summed E-state index contributed by atoms with van der Waals surface area (Å²) in [6.07, 6.45) is -7.80. The first-order valence-electron chi connectivity index (χ1n) is 4.77. The zero-order valence-corrected chi connectivity index (χ0v) is 10.7. The van der Waals surface area contributed by atoms with E-state index in [0.29, 0.717) is 6.20 Å². The van der Waals surface area contributed by atoms with Crippen molar-refractivity contribution in [1.82, 2.24) is 4.98 Å². The molecule has 1 heterocycles. The van der Waals surface area contributed by atoms with Crippen molar-refractivity contribution in [1.29, 1.82) is 5.26 Å². The lowest BCUT2D eigenvalue weighted by Crippen LogP contribution is -2.19. The highest BCUT2D eigenvalue weighted by Crippen LogP contribution is 2.35. The molecule has 0 spiro atoms. The van der Waals surface area contributed by atoms with Crippen LogP contribution in [0.3, 0.4) is 0 Å². The van der Waals surface area contributed by atoms with E-state index < -0.39 is 30.5 Å². The Morgan fingerprint density at radius 3 is 2.47 bits per heavy atom. The minimum absolute atomic E-state index is 0.263. The number of nitrogens with zero attached hydrogens (tertiary/aromatic N) is 2. The summed E-state index contributed by atoms with van der Waals surface area (Å²) in [5, 5.41) is 8.21. The van der Waals surface area contributed by atoms with E-state index >= 15 is 0 Å². The van der Waals surface area contributed by atoms with Gasteiger partial charge >= 0.3 is 6.36 Å². The van der Waals surface area contributed by atoms with Crippen molar-refractivity contribution >= 4 is 15.9 Å². The quantitative estimate of drug-likeness (QED) is 0.615. The van der Waals surface area contributed by atoms with Crippen LogP contribution >= 0.6 is 15.9 Å². The first-order chi connectivity index (χ1) is 8.80. The van der Waals surface area contributed by atoms with E-state index in [1.807, 2.05) is 0 Å². The van der Waals surface area contributed by atoms with Crippen LogP contribution in [0.5, 0.6) is 5.75 Å². The topological polar surface area (TPSA) is 45.9 Å². The fourth-order valence-corrected chi connectivity index (χ4v) is 1.99. The SMILES string of the molecule is N#CCc1ncc(OC(F)(F)F)c(CBr)c1C(F)F. The molecular weight excluding hydrogens is 339 g/mol. The van der Waals surface area contributed by atoms with Gasteiger partial charge in [0, 0.05) is 16.5 Å². The molecule has 1 aromatic rings. The Bertz CT molecular complexity index is 498. The molecule has 1 rings (SSSR count). The highest BCUT2D eigenvalue weighted by molar-refractivity contribution is 9.08. The zero-order valence-electron chi connectivity index (χ0n) is 9.14. The molecule has 0 saturated carbocycles. The van der Waals surface area contributed by atoms with Crippen LogP contribution in [0.15, 0.2) is 6.20 Å². The summed E-state index contributed by atoms with van der Waals surface area (Å²) in [5.74, 6) is -0.804. The third kappa shape index (κ3) is 4.02. The van der Waals surface area contributed by atoms with Gasteiger partial charge in [-0.1, -0.05) is 15.9 Å². The van der Waals surface area contributed by atoms with Crippen molar-refractivity contribution in [2.45, 2.75) is 24.5 Å². The molecule has 0 saturated heterocycles. The molecule has 0 aliphatic heterocycles. The summed E-state index contributed by atoms with van der Waals surface area (Å²) in [7, 11) is 0. The van der Waals surface area contributed by atoms with Crippen LogP contribution < -0.4 is 4.74 Å². The second kappa shape index (κ2) is 6.14. The van der Waals surface area contributed by atoms with Crippen molar-refractivity contribution in [2.75, 3.05) is 0 Å². The first-order valence-corrected chi connectivity index (χ1v) is 5.89. The van der Waals surface area contributed by atoms with Crippen molar-refractivity contribution < 1.29 is 26.7 Å². The van der Waals surface area contributed by atoms with Crippen molar-refractivity contribution in [3.05, 3.63) is 23.0 Å². The zero-order chi connectivity index (χ0) is 14.6. The number of pyridine rings is 1. The Morgan fingerprint density at radius 2 is 2.05 bits per heavy atom. The molecule has 0 radical (unpaired) electrons. The van der Waals surface area contributed by atoms with Crippen LogP contribution in [-0.2, 0) is 11.8 Å². The van der Waals surface area contributed by atoms with Gasteiger partial charge < -0.3 is 4.74 Å². The van der Waals surface area contributed by atoms with Crippen molar-refractivity contribution in [2.24, 2.45) is 0 Å². The van der Waals surface area contributed by atoms with Crippen LogP contribution in [-0.4, -0.2) is 11.3 Å². The molecule has 104 valence electrons. The van der Waals surface area contributed by atoms with E-state index in [-0.39, 0.29) is 16.6 Å². The number of nitriles is 1. The predicted molar refractivity (Wildman–Crippen MR) is 57.8 cm³/mol. The maximum absolute atomic E-state index is 12.9. The molecule has 9 heteroatoms. The van der Waals surface area contributed by atoms with Gasteiger partial charge in [-0.05, 0) is 0 Å². The molecule has 0 N–H and O–H groups in total. The molecule has 19 heavy (non-hydrogen) atoms. The molecule has 0 aliphatic rings. The summed E-state index contributed by atoms with van der Waals surface area (Å²) >= 11 is 2.83. The number of ether oxygens (including phenoxy) is 1. The Balaban J connectivity index is 3.37. The van der Waals surface area contributed by atoms with Gasteiger partial charge in [-0.2, -0.15) is 5.26 Å². The summed E-state index contributed by atoms with van der Waals surface area (Å²) in [6.45, 7) is 0. The number of alkyl halides is 6.